The van der Waals surface area contributed by atoms with Crippen molar-refractivity contribution >= 4 is 49.4 Å². The molecule has 0 atom stereocenters. The van der Waals surface area contributed by atoms with Crippen LogP contribution in [0.3, 0.4) is 0 Å². The number of aliphatic hydroxyl groups is 1. The van der Waals surface area contributed by atoms with E-state index in [1.807, 2.05) is 53.7 Å². The third kappa shape index (κ3) is 9.25. The molecule has 0 spiro atoms. The zero-order valence-corrected chi connectivity index (χ0v) is 39.2. The molecule has 311 valence electrons. The summed E-state index contributed by atoms with van der Waals surface area (Å²) in [6, 6.07) is 33.5. The van der Waals surface area contributed by atoms with Crippen molar-refractivity contribution in [3.05, 3.63) is 120 Å². The molecule has 5 aromatic carbocycles. The Morgan fingerprint density at radius 2 is 1.46 bits per heavy atom. The molecular weight excluding hydrogens is 905 g/mol. The van der Waals surface area contributed by atoms with Crippen LogP contribution in [-0.2, 0) is 31.3 Å². The van der Waals surface area contributed by atoms with Crippen molar-refractivity contribution < 1.29 is 34.4 Å². The SMILES string of the molecule is CCC(C)(CC)C(=O)/C=C(\O)C(C)(CC)CC.Cc1cc(CC(C)C)cc2ccc3c(-c4[c-]ccc5c4oc4cc(-c6ccccc6)ccc45)nc(C(C)C)nc3c12.[Ir]. The number of allylic oxidation sites excluding steroid dienone is 2. The van der Waals surface area contributed by atoms with Gasteiger partial charge in [0.2, 0.25) is 0 Å². The van der Waals surface area contributed by atoms with Crippen molar-refractivity contribution in [2.24, 2.45) is 16.7 Å². The number of aryl methyl sites for hydroxylation is 1. The van der Waals surface area contributed by atoms with Crippen LogP contribution in [0.25, 0.3) is 66.0 Å². The fraction of sp³-hybridized carbons (Fsp3) is 0.377. The first-order chi connectivity index (χ1) is 27.7. The second-order valence-electron chi connectivity index (χ2n) is 17.4. The van der Waals surface area contributed by atoms with Gasteiger partial charge in [-0.15, -0.1) is 18.2 Å². The van der Waals surface area contributed by atoms with Gasteiger partial charge in [0.25, 0.3) is 0 Å². The van der Waals surface area contributed by atoms with Crippen molar-refractivity contribution in [3.63, 3.8) is 0 Å². The monoisotopic (exact) mass is 966 g/mol. The predicted molar refractivity (Wildman–Crippen MR) is 244 cm³/mol. The number of carbonyl (C=O) groups is 1. The molecule has 0 saturated heterocycles. The number of nitrogens with zero attached hydrogens (tertiary/aromatic N) is 2. The van der Waals surface area contributed by atoms with Gasteiger partial charge in [0.05, 0.1) is 11.1 Å². The normalized spacial score (nSPS) is 12.4. The summed E-state index contributed by atoms with van der Waals surface area (Å²) >= 11 is 0. The average Bonchev–Trinajstić information content (AvgIpc) is 3.61. The summed E-state index contributed by atoms with van der Waals surface area (Å²) in [7, 11) is 0. The average molecular weight is 966 g/mol. The van der Waals surface area contributed by atoms with Crippen molar-refractivity contribution in [3.8, 4) is 22.4 Å². The summed E-state index contributed by atoms with van der Waals surface area (Å²) in [5.41, 5.74) is 8.75. The Kier molecular flexibility index (Phi) is 14.4. The number of rotatable bonds is 12. The largest absolute Gasteiger partial charge is 0.512 e. The third-order valence-corrected chi connectivity index (χ3v) is 12.6. The smallest absolute Gasteiger partial charge is 0.164 e. The molecule has 0 aliphatic heterocycles. The van der Waals surface area contributed by atoms with Gasteiger partial charge in [0.1, 0.15) is 17.2 Å². The Morgan fingerprint density at radius 1 is 0.797 bits per heavy atom. The van der Waals surface area contributed by atoms with Crippen molar-refractivity contribution in [1.82, 2.24) is 9.97 Å². The van der Waals surface area contributed by atoms with E-state index in [2.05, 4.69) is 113 Å². The van der Waals surface area contributed by atoms with Gasteiger partial charge >= 0.3 is 0 Å². The fourth-order valence-corrected chi connectivity index (χ4v) is 7.80. The number of hydrogen-bond donors (Lipinski definition) is 1. The van der Waals surface area contributed by atoms with Crippen LogP contribution in [-0.4, -0.2) is 20.9 Å². The van der Waals surface area contributed by atoms with E-state index in [-0.39, 0.29) is 48.4 Å². The molecule has 0 unspecified atom stereocenters. The van der Waals surface area contributed by atoms with Crippen LogP contribution in [0, 0.1) is 29.7 Å². The number of furan rings is 1. The van der Waals surface area contributed by atoms with Crippen LogP contribution in [0.5, 0.6) is 0 Å². The van der Waals surface area contributed by atoms with Gasteiger partial charge in [0, 0.05) is 59.4 Å². The maximum atomic E-state index is 12.2. The Hall–Kier alpha value is -4.64. The van der Waals surface area contributed by atoms with Gasteiger partial charge in [-0.25, -0.2) is 4.98 Å². The van der Waals surface area contributed by atoms with Crippen LogP contribution < -0.4 is 0 Å². The minimum Gasteiger partial charge on any atom is -0.512 e. The van der Waals surface area contributed by atoms with E-state index in [1.54, 1.807) is 0 Å². The fourth-order valence-electron chi connectivity index (χ4n) is 7.80. The molecule has 1 N–H and O–H groups in total. The van der Waals surface area contributed by atoms with Gasteiger partial charge < -0.3 is 9.52 Å². The van der Waals surface area contributed by atoms with Crippen LogP contribution in [0.4, 0.5) is 0 Å². The topological polar surface area (TPSA) is 76.2 Å². The molecule has 2 aromatic heterocycles. The van der Waals surface area contributed by atoms with Crippen molar-refractivity contribution in [1.29, 1.82) is 0 Å². The van der Waals surface area contributed by atoms with E-state index in [0.717, 1.165) is 87.6 Å². The van der Waals surface area contributed by atoms with E-state index < -0.39 is 0 Å². The number of aliphatic hydroxyl groups excluding tert-OH is 1. The van der Waals surface area contributed by atoms with Crippen LogP contribution in [0.1, 0.15) is 118 Å². The second kappa shape index (κ2) is 18.7. The first-order valence-corrected chi connectivity index (χ1v) is 21.3. The van der Waals surface area contributed by atoms with Gasteiger partial charge in [-0.3, -0.25) is 9.78 Å². The molecule has 0 fully saturated rings. The number of aromatic nitrogens is 2. The number of benzene rings is 5. The summed E-state index contributed by atoms with van der Waals surface area (Å²) in [4.78, 5) is 22.5. The van der Waals surface area contributed by atoms with E-state index in [0.29, 0.717) is 5.92 Å². The van der Waals surface area contributed by atoms with Crippen molar-refractivity contribution in [2.75, 3.05) is 0 Å². The van der Waals surface area contributed by atoms with Crippen molar-refractivity contribution in [2.45, 2.75) is 114 Å². The minimum atomic E-state index is -0.337. The quantitative estimate of drug-likeness (QED) is 0.0571. The molecule has 5 nitrogen and oxygen atoms in total. The number of carbonyl (C=O) groups excluding carboxylic acids is 1. The molecule has 1 radical (unpaired) electrons. The van der Waals surface area contributed by atoms with E-state index in [9.17, 15) is 9.90 Å². The summed E-state index contributed by atoms with van der Waals surface area (Å²) < 4.78 is 6.62. The summed E-state index contributed by atoms with van der Waals surface area (Å²) in [5, 5.41) is 15.7. The molecule has 0 amide bonds. The Bertz CT molecular complexity index is 2610. The molecule has 6 heteroatoms. The molecular formula is C53H61IrN2O3-. The van der Waals surface area contributed by atoms with E-state index >= 15 is 0 Å². The maximum absolute atomic E-state index is 12.2. The van der Waals surface area contributed by atoms with Gasteiger partial charge in [-0.2, -0.15) is 0 Å². The molecule has 0 bridgehead atoms. The van der Waals surface area contributed by atoms with Gasteiger partial charge in [-0.05, 0) is 84.0 Å². The zero-order valence-electron chi connectivity index (χ0n) is 36.8. The summed E-state index contributed by atoms with van der Waals surface area (Å²) in [5.74, 6) is 1.90. The molecule has 0 aliphatic rings. The van der Waals surface area contributed by atoms with Crippen LogP contribution in [0.2, 0.25) is 0 Å². The molecule has 59 heavy (non-hydrogen) atoms. The molecule has 0 saturated carbocycles. The Balaban J connectivity index is 0.000000314. The first-order valence-electron chi connectivity index (χ1n) is 21.3. The number of fused-ring (bicyclic) bond motifs is 6. The Labute approximate surface area is 365 Å². The summed E-state index contributed by atoms with van der Waals surface area (Å²) in [6.07, 6.45) is 5.82. The van der Waals surface area contributed by atoms with Gasteiger partial charge in [-0.1, -0.05) is 147 Å². The molecule has 7 rings (SSSR count). The first kappa shape index (κ1) is 45.4. The van der Waals surface area contributed by atoms with E-state index in [4.69, 9.17) is 14.4 Å². The zero-order chi connectivity index (χ0) is 41.9. The standard InChI is InChI=1S/C38H33N2O.C15H28O2.Ir/c1-22(2)18-25-19-24(5)34-28(20-25)15-17-31-35(39-38(23(3)4)40-36(31)34)32-13-9-12-30-29-16-14-27(21-33(29)41-37(30)32)26-10-7-6-8-11-26;1-7-14(5,8-2)12(16)11-13(17)15(6,9-3)10-4;/h6-12,14-17,19-23H,18H2,1-5H3;11,16H,7-10H2,1-6H3;/q-1;;/b;12-11-;. The van der Waals surface area contributed by atoms with Gasteiger partial charge in [0.15, 0.2) is 5.78 Å². The van der Waals surface area contributed by atoms with Crippen LogP contribution in [0.15, 0.2) is 101 Å². The molecule has 7 aromatic rings. The maximum Gasteiger partial charge on any atom is 0.164 e. The second-order valence-corrected chi connectivity index (χ2v) is 17.4. The minimum absolute atomic E-state index is 0. The summed E-state index contributed by atoms with van der Waals surface area (Å²) in [6.45, 7) is 23.1. The molecule has 0 aliphatic carbocycles. The number of hydrogen-bond acceptors (Lipinski definition) is 5. The van der Waals surface area contributed by atoms with Crippen LogP contribution >= 0.6 is 0 Å². The third-order valence-electron chi connectivity index (χ3n) is 12.6. The number of ketones is 1. The predicted octanol–water partition coefficient (Wildman–Crippen LogP) is 15.1. The Morgan fingerprint density at radius 3 is 2.08 bits per heavy atom. The van der Waals surface area contributed by atoms with E-state index in [1.165, 1.54) is 33.5 Å². The molecule has 2 heterocycles.